The van der Waals surface area contributed by atoms with Gasteiger partial charge in [-0.1, -0.05) is 54.6 Å². The van der Waals surface area contributed by atoms with E-state index in [4.69, 9.17) is 0 Å². The summed E-state index contributed by atoms with van der Waals surface area (Å²) < 4.78 is 294. The first-order valence-electron chi connectivity index (χ1n) is 17.3. The van der Waals surface area contributed by atoms with E-state index in [1.165, 1.54) is 0 Å². The van der Waals surface area contributed by atoms with Crippen LogP contribution in [0.2, 0.25) is 0 Å². The van der Waals surface area contributed by atoms with Crippen LogP contribution in [0.25, 0.3) is 0 Å². The van der Waals surface area contributed by atoms with Crippen molar-refractivity contribution in [2.24, 2.45) is 0 Å². The summed E-state index contributed by atoms with van der Waals surface area (Å²) in [5.74, 6) is -70.7. The van der Waals surface area contributed by atoms with Crippen LogP contribution in [0.1, 0.15) is 26.3 Å². The van der Waals surface area contributed by atoms with Crippen molar-refractivity contribution in [3.63, 3.8) is 0 Å². The first-order chi connectivity index (χ1) is 30.3. The van der Waals surface area contributed by atoms with E-state index in [0.29, 0.717) is 22.4 Å². The Hall–Kier alpha value is -6.33. The molecule has 342 valence electrons. The zero-order valence-corrected chi connectivity index (χ0v) is 32.6. The van der Waals surface area contributed by atoms with Crippen molar-refractivity contribution in [1.82, 2.24) is 0 Å². The smallest absolute Gasteiger partial charge is 0.211 e. The minimum atomic E-state index is -7.22. The van der Waals surface area contributed by atoms with Crippen molar-refractivity contribution in [3.8, 4) is 0 Å². The van der Waals surface area contributed by atoms with Gasteiger partial charge in [0.15, 0.2) is 81.3 Å². The molecule has 6 aromatic carbocycles. The monoisotopic (exact) mass is 964 g/mol. The summed E-state index contributed by atoms with van der Waals surface area (Å²) in [6.07, 6.45) is -3.12. The quantitative estimate of drug-likeness (QED) is 0.0363. The standard InChI is InChI=1S/C24BF20.C17H17O2S/c26-5-1(6(27)14(35)21(42)13(5)34)25(2-7(28)15(36)22(43)16(37)8(2)29,3-9(30)17(38)23(44)18(39)10(3)31)4-11(32)19(40)24(45)20(41)12(4)33;1-20(2)12-16(18)13-8-10-15(11-9-13)17(19)14-6-4-3-5-7-14/h;3-11H,12H2,1-2H3/q-1;+1. The number of halogens is 20. The van der Waals surface area contributed by atoms with Gasteiger partial charge in [-0.05, 0) is 10.9 Å². The molecule has 0 aromatic heterocycles. The molecule has 2 nitrogen and oxygen atoms in total. The number of hydrogen-bond acceptors (Lipinski definition) is 2. The molecule has 0 aliphatic heterocycles. The van der Waals surface area contributed by atoms with E-state index in [1.54, 1.807) is 36.4 Å². The van der Waals surface area contributed by atoms with Crippen molar-refractivity contribution in [2.75, 3.05) is 18.3 Å². The molecular formula is C41H17BF20O2S. The van der Waals surface area contributed by atoms with Crippen LogP contribution in [-0.2, 0) is 10.9 Å². The second-order valence-electron chi connectivity index (χ2n) is 13.6. The van der Waals surface area contributed by atoms with Crippen molar-refractivity contribution >= 4 is 50.5 Å². The predicted octanol–water partition coefficient (Wildman–Crippen LogP) is 8.82. The van der Waals surface area contributed by atoms with Crippen LogP contribution in [0.5, 0.6) is 0 Å². The molecule has 6 rings (SSSR count). The van der Waals surface area contributed by atoms with Crippen molar-refractivity contribution in [2.45, 2.75) is 0 Å². The minimum Gasteiger partial charge on any atom is -0.289 e. The number of ketones is 2. The third kappa shape index (κ3) is 8.20. The van der Waals surface area contributed by atoms with Crippen LogP contribution in [0.3, 0.4) is 0 Å². The lowest BCUT2D eigenvalue weighted by molar-refractivity contribution is 0.101. The SMILES string of the molecule is C[S+](C)CC(=O)c1ccc(C(=O)c2ccccc2)cc1.Fc1c(F)c(F)c([B-](c2c(F)c(F)c(F)c(F)c2F)(c2c(F)c(F)c(F)c(F)c2F)c2c(F)c(F)c(F)c(F)c2F)c(F)c1F. The van der Waals surface area contributed by atoms with Gasteiger partial charge in [-0.15, -0.1) is 21.9 Å². The minimum absolute atomic E-state index is 0.0182. The lowest BCUT2D eigenvalue weighted by atomic mass is 9.12. The van der Waals surface area contributed by atoms with Gasteiger partial charge in [0.1, 0.15) is 52.7 Å². The van der Waals surface area contributed by atoms with Crippen molar-refractivity contribution in [1.29, 1.82) is 0 Å². The maximum absolute atomic E-state index is 15.4. The summed E-state index contributed by atoms with van der Waals surface area (Å²) >= 11 is 0. The van der Waals surface area contributed by atoms with E-state index in [-0.39, 0.29) is 22.5 Å². The second-order valence-corrected chi connectivity index (χ2v) is 15.9. The van der Waals surface area contributed by atoms with Crippen LogP contribution >= 0.6 is 0 Å². The molecule has 0 aliphatic carbocycles. The van der Waals surface area contributed by atoms with E-state index < -0.39 is 144 Å². The van der Waals surface area contributed by atoms with E-state index in [0.717, 1.165) is 0 Å². The zero-order chi connectivity index (χ0) is 48.9. The van der Waals surface area contributed by atoms with E-state index >= 15 is 35.1 Å². The first-order valence-corrected chi connectivity index (χ1v) is 19.5. The van der Waals surface area contributed by atoms with Gasteiger partial charge >= 0.3 is 0 Å². The summed E-state index contributed by atoms with van der Waals surface area (Å²) in [4.78, 5) is 24.1. The number of carbonyl (C=O) groups is 2. The average molecular weight is 964 g/mol. The van der Waals surface area contributed by atoms with Crippen LogP contribution in [0.15, 0.2) is 54.6 Å². The molecule has 0 saturated carbocycles. The molecule has 0 atom stereocenters. The average Bonchev–Trinajstić information content (AvgIpc) is 3.29. The van der Waals surface area contributed by atoms with Gasteiger partial charge in [-0.25, -0.2) is 87.8 Å². The molecule has 0 aliphatic rings. The highest BCUT2D eigenvalue weighted by Gasteiger charge is 2.52. The first kappa shape index (κ1) is 49.7. The zero-order valence-electron chi connectivity index (χ0n) is 31.8. The Bertz CT molecular complexity index is 2530. The fraction of sp³-hybridized carbons (Fsp3) is 0.0732. The Kier molecular flexibility index (Phi) is 14.3. The number of carbonyl (C=O) groups excluding carboxylic acids is 2. The normalized spacial score (nSPS) is 11.6. The van der Waals surface area contributed by atoms with Gasteiger partial charge in [-0.3, -0.25) is 9.59 Å². The van der Waals surface area contributed by atoms with Gasteiger partial charge in [0, 0.05) is 16.7 Å². The molecule has 0 unspecified atom stereocenters. The highest BCUT2D eigenvalue weighted by molar-refractivity contribution is 7.96. The topological polar surface area (TPSA) is 34.1 Å². The van der Waals surface area contributed by atoms with Crippen molar-refractivity contribution < 1.29 is 97.4 Å². The Morgan fingerprint density at radius 1 is 0.338 bits per heavy atom. The molecule has 0 heterocycles. The fourth-order valence-corrected chi connectivity index (χ4v) is 7.47. The summed E-state index contributed by atoms with van der Waals surface area (Å²) in [6.45, 7) is 0. The largest absolute Gasteiger partial charge is 0.289 e. The van der Waals surface area contributed by atoms with Gasteiger partial charge in [0.05, 0.1) is 12.5 Å². The third-order valence-corrected chi connectivity index (χ3v) is 10.5. The van der Waals surface area contributed by atoms with Gasteiger partial charge < -0.3 is 0 Å². The summed E-state index contributed by atoms with van der Waals surface area (Å²) in [6, 6.07) is 16.1. The molecule has 0 N–H and O–H groups in total. The second kappa shape index (κ2) is 18.6. The Labute approximate surface area is 353 Å². The van der Waals surface area contributed by atoms with Crippen LogP contribution < -0.4 is 21.9 Å². The molecule has 65 heavy (non-hydrogen) atoms. The number of hydrogen-bond donors (Lipinski definition) is 0. The van der Waals surface area contributed by atoms with Crippen molar-refractivity contribution in [3.05, 3.63) is 188 Å². The maximum atomic E-state index is 15.4. The van der Waals surface area contributed by atoms with Crippen LogP contribution in [-0.4, -0.2) is 36.0 Å². The molecule has 6 aromatic rings. The Balaban J connectivity index is 0.000000330. The van der Waals surface area contributed by atoms with E-state index in [9.17, 15) is 62.3 Å². The summed E-state index contributed by atoms with van der Waals surface area (Å²) in [5.41, 5.74) is -12.4. The molecule has 0 saturated heterocycles. The van der Waals surface area contributed by atoms with Gasteiger partial charge in [0.25, 0.3) is 0 Å². The van der Waals surface area contributed by atoms with Gasteiger partial charge in [-0.2, -0.15) is 0 Å². The lowest BCUT2D eigenvalue weighted by Gasteiger charge is -2.44. The number of rotatable bonds is 9. The molecule has 0 spiro atoms. The van der Waals surface area contributed by atoms with E-state index in [1.807, 2.05) is 30.7 Å². The molecular weight excluding hydrogens is 947 g/mol. The summed E-state index contributed by atoms with van der Waals surface area (Å²) in [5, 5.41) is 0. The summed E-state index contributed by atoms with van der Waals surface area (Å²) in [7, 11) is 0.0935. The third-order valence-electron chi connectivity index (χ3n) is 9.63. The molecule has 0 fully saturated rings. The molecule has 0 amide bonds. The molecule has 0 radical (unpaired) electrons. The highest BCUT2D eigenvalue weighted by atomic mass is 32.2. The fourth-order valence-electron chi connectivity index (χ4n) is 6.78. The number of benzene rings is 6. The van der Waals surface area contributed by atoms with E-state index in [2.05, 4.69) is 0 Å². The molecule has 0 bridgehead atoms. The maximum Gasteiger partial charge on any atom is 0.211 e. The molecule has 24 heteroatoms. The van der Waals surface area contributed by atoms with Gasteiger partial charge in [0.2, 0.25) is 5.78 Å². The predicted molar refractivity (Wildman–Crippen MR) is 194 cm³/mol. The number of Topliss-reactive ketones (excluding diaryl/α,β-unsaturated/α-hetero) is 1. The Morgan fingerprint density at radius 2 is 0.554 bits per heavy atom. The van der Waals surface area contributed by atoms with Crippen LogP contribution in [0, 0.1) is 116 Å². The highest BCUT2D eigenvalue weighted by Crippen LogP contribution is 2.31. The lowest BCUT2D eigenvalue weighted by Crippen LogP contribution is -2.81. The Morgan fingerprint density at radius 3 is 0.800 bits per heavy atom. The van der Waals surface area contributed by atoms with Crippen LogP contribution in [0.4, 0.5) is 87.8 Å².